The molecular weight excluding hydrogens is 488 g/mol. The number of nitrogens with zero attached hydrogens (tertiary/aromatic N) is 2. The average Bonchev–Trinajstić information content (AvgIpc) is 3.39. The Bertz CT molecular complexity index is 1480. The number of fused-ring (bicyclic) bond motifs is 2. The first-order valence-electron chi connectivity index (χ1n) is 12.3. The molecule has 0 saturated carbocycles. The maximum absolute atomic E-state index is 13.9. The highest BCUT2D eigenvalue weighted by atomic mass is 32.2. The van der Waals surface area contributed by atoms with E-state index < -0.39 is 10.0 Å². The second kappa shape index (κ2) is 10.2. The van der Waals surface area contributed by atoms with Gasteiger partial charge >= 0.3 is 0 Å². The van der Waals surface area contributed by atoms with Gasteiger partial charge in [-0.15, -0.1) is 11.3 Å². The Morgan fingerprint density at radius 2 is 1.75 bits per heavy atom. The van der Waals surface area contributed by atoms with Gasteiger partial charge in [-0.25, -0.2) is 8.42 Å². The van der Waals surface area contributed by atoms with Gasteiger partial charge in [-0.05, 0) is 65.2 Å². The Kier molecular flexibility index (Phi) is 6.97. The number of hydrogen-bond donors (Lipinski definition) is 0. The molecule has 4 aromatic rings. The zero-order valence-electron chi connectivity index (χ0n) is 20.5. The van der Waals surface area contributed by atoms with Crippen LogP contribution in [0.15, 0.2) is 89.1 Å². The van der Waals surface area contributed by atoms with Crippen LogP contribution in [0, 0.1) is 0 Å². The van der Waals surface area contributed by atoms with Crippen molar-refractivity contribution in [3.63, 3.8) is 0 Å². The lowest BCUT2D eigenvalue weighted by atomic mass is 9.93. The number of hydrogen-bond acceptors (Lipinski definition) is 4. The van der Waals surface area contributed by atoms with Crippen LogP contribution >= 0.6 is 11.3 Å². The van der Waals surface area contributed by atoms with Gasteiger partial charge in [0.1, 0.15) is 0 Å². The van der Waals surface area contributed by atoms with Gasteiger partial charge in [0, 0.05) is 17.5 Å². The molecule has 1 amide bonds. The van der Waals surface area contributed by atoms with Crippen molar-refractivity contribution in [1.29, 1.82) is 0 Å². The highest BCUT2D eigenvalue weighted by molar-refractivity contribution is 7.89. The minimum Gasteiger partial charge on any atom is -0.330 e. The molecule has 5 rings (SSSR count). The van der Waals surface area contributed by atoms with Crippen LogP contribution in [0.5, 0.6) is 0 Å². The minimum absolute atomic E-state index is 0.176. The summed E-state index contributed by atoms with van der Waals surface area (Å²) in [6.45, 7) is 4.19. The Morgan fingerprint density at radius 1 is 1.03 bits per heavy atom. The lowest BCUT2D eigenvalue weighted by Crippen LogP contribution is -2.49. The smallest absolute Gasteiger partial charge is 0.243 e. The molecule has 7 heteroatoms. The molecule has 0 aliphatic carbocycles. The van der Waals surface area contributed by atoms with Crippen molar-refractivity contribution in [3.05, 3.63) is 100 Å². The molecule has 0 spiro atoms. The Balaban J connectivity index is 1.49. The van der Waals surface area contributed by atoms with E-state index in [0.717, 1.165) is 28.3 Å². The van der Waals surface area contributed by atoms with E-state index in [0.29, 0.717) is 13.0 Å². The second-order valence-corrected chi connectivity index (χ2v) is 12.2. The Hall–Kier alpha value is -3.00. The molecule has 2 atom stereocenters. The predicted molar refractivity (Wildman–Crippen MR) is 146 cm³/mol. The molecule has 0 fully saturated rings. The summed E-state index contributed by atoms with van der Waals surface area (Å²) in [5.41, 5.74) is 2.18. The zero-order chi connectivity index (χ0) is 25.3. The van der Waals surface area contributed by atoms with Crippen LogP contribution in [0.1, 0.15) is 42.3 Å². The lowest BCUT2D eigenvalue weighted by molar-refractivity contribution is -0.133. The number of carbonyl (C=O) groups is 1. The standard InChI is InChI=1S/C29H30N2O3S2/c1-3-21(2)31(36(33,34)25-14-13-22-9-7-8-12-24(22)19-25)20-28(32)30-17-15-27-26(16-18-35-27)29(30)23-10-5-4-6-11-23/h4-14,16,18-19,21,29H,3,15,17,20H2,1-2H3/t21-,29+/m1/s1. The van der Waals surface area contributed by atoms with Crippen molar-refractivity contribution >= 4 is 38.0 Å². The molecule has 1 aliphatic rings. The van der Waals surface area contributed by atoms with Crippen molar-refractivity contribution in [2.75, 3.05) is 13.1 Å². The first kappa shape index (κ1) is 24.7. The maximum atomic E-state index is 13.9. The highest BCUT2D eigenvalue weighted by Crippen LogP contribution is 2.38. The first-order chi connectivity index (χ1) is 17.4. The molecular formula is C29H30N2O3S2. The molecule has 1 aromatic heterocycles. The van der Waals surface area contributed by atoms with Crippen molar-refractivity contribution in [2.45, 2.75) is 43.7 Å². The third-order valence-corrected chi connectivity index (χ3v) is 10.1. The van der Waals surface area contributed by atoms with Crippen molar-refractivity contribution in [2.24, 2.45) is 0 Å². The van der Waals surface area contributed by atoms with Crippen LogP contribution in [0.25, 0.3) is 10.8 Å². The molecule has 0 bridgehead atoms. The largest absolute Gasteiger partial charge is 0.330 e. The van der Waals surface area contributed by atoms with Crippen molar-refractivity contribution in [1.82, 2.24) is 9.21 Å². The van der Waals surface area contributed by atoms with Crippen molar-refractivity contribution < 1.29 is 13.2 Å². The van der Waals surface area contributed by atoms with Crippen LogP contribution in [0.3, 0.4) is 0 Å². The Morgan fingerprint density at radius 3 is 2.50 bits per heavy atom. The third kappa shape index (κ3) is 4.59. The zero-order valence-corrected chi connectivity index (χ0v) is 22.1. The molecule has 0 radical (unpaired) electrons. The van der Waals surface area contributed by atoms with E-state index in [-0.39, 0.29) is 29.4 Å². The molecule has 0 N–H and O–H groups in total. The lowest BCUT2D eigenvalue weighted by Gasteiger charge is -2.38. The van der Waals surface area contributed by atoms with Crippen LogP contribution in [-0.2, 0) is 21.2 Å². The number of amides is 1. The molecule has 186 valence electrons. The fourth-order valence-corrected chi connectivity index (χ4v) is 7.54. The summed E-state index contributed by atoms with van der Waals surface area (Å²) in [7, 11) is -3.88. The number of rotatable bonds is 7. The van der Waals surface area contributed by atoms with Crippen LogP contribution in [0.2, 0.25) is 0 Å². The third-order valence-electron chi connectivity index (χ3n) is 7.10. The fourth-order valence-electron chi connectivity index (χ4n) is 4.95. The topological polar surface area (TPSA) is 57.7 Å². The van der Waals surface area contributed by atoms with E-state index in [1.54, 1.807) is 23.5 Å². The van der Waals surface area contributed by atoms with E-state index in [9.17, 15) is 13.2 Å². The predicted octanol–water partition coefficient (Wildman–Crippen LogP) is 5.86. The van der Waals surface area contributed by atoms with E-state index in [2.05, 4.69) is 11.4 Å². The molecule has 0 saturated heterocycles. The molecule has 5 nitrogen and oxygen atoms in total. The second-order valence-electron chi connectivity index (χ2n) is 9.27. The minimum atomic E-state index is -3.88. The maximum Gasteiger partial charge on any atom is 0.243 e. The van der Waals surface area contributed by atoms with E-state index in [1.165, 1.54) is 9.18 Å². The normalized spacial score (nSPS) is 16.8. The number of thiophene rings is 1. The van der Waals surface area contributed by atoms with E-state index >= 15 is 0 Å². The molecule has 3 aromatic carbocycles. The van der Waals surface area contributed by atoms with Crippen LogP contribution in [-0.4, -0.2) is 42.7 Å². The van der Waals surface area contributed by atoms with Gasteiger partial charge in [0.2, 0.25) is 15.9 Å². The van der Waals surface area contributed by atoms with Gasteiger partial charge in [-0.3, -0.25) is 4.79 Å². The van der Waals surface area contributed by atoms with Gasteiger partial charge in [-0.1, -0.05) is 67.6 Å². The molecule has 0 unspecified atom stereocenters. The quantitative estimate of drug-likeness (QED) is 0.308. The van der Waals surface area contributed by atoms with Crippen LogP contribution < -0.4 is 0 Å². The van der Waals surface area contributed by atoms with Gasteiger partial charge in [-0.2, -0.15) is 4.31 Å². The monoisotopic (exact) mass is 518 g/mol. The SMILES string of the molecule is CC[C@@H](C)N(CC(=O)N1CCc2sccc2[C@@H]1c1ccccc1)S(=O)(=O)c1ccc2ccccc2c1. The average molecular weight is 519 g/mol. The van der Waals surface area contributed by atoms with Crippen molar-refractivity contribution in [3.8, 4) is 0 Å². The number of benzene rings is 3. The number of carbonyl (C=O) groups excluding carboxylic acids is 1. The first-order valence-corrected chi connectivity index (χ1v) is 14.6. The molecule has 36 heavy (non-hydrogen) atoms. The summed E-state index contributed by atoms with van der Waals surface area (Å²) in [6.07, 6.45) is 1.39. The molecule has 1 aliphatic heterocycles. The van der Waals surface area contributed by atoms with Gasteiger partial charge < -0.3 is 4.90 Å². The van der Waals surface area contributed by atoms with Gasteiger partial charge in [0.25, 0.3) is 0 Å². The summed E-state index contributed by atoms with van der Waals surface area (Å²) in [4.78, 5) is 17.2. The number of sulfonamides is 1. The summed E-state index contributed by atoms with van der Waals surface area (Å²) in [6, 6.07) is 24.4. The van der Waals surface area contributed by atoms with Gasteiger partial charge in [0.15, 0.2) is 0 Å². The van der Waals surface area contributed by atoms with E-state index in [4.69, 9.17) is 0 Å². The summed E-state index contributed by atoms with van der Waals surface area (Å²) in [5.74, 6) is -0.176. The highest BCUT2D eigenvalue weighted by Gasteiger charge is 2.37. The van der Waals surface area contributed by atoms with Crippen LogP contribution in [0.4, 0.5) is 0 Å². The molecule has 2 heterocycles. The summed E-state index contributed by atoms with van der Waals surface area (Å²) >= 11 is 1.72. The van der Waals surface area contributed by atoms with Gasteiger partial charge in [0.05, 0.1) is 17.5 Å². The fraction of sp³-hybridized carbons (Fsp3) is 0.276. The summed E-state index contributed by atoms with van der Waals surface area (Å²) < 4.78 is 29.1. The summed E-state index contributed by atoms with van der Waals surface area (Å²) in [5, 5.41) is 3.91. The van der Waals surface area contributed by atoms with E-state index in [1.807, 2.05) is 79.4 Å². The Labute approximate surface area is 217 Å².